The molecular formula is C4H2BrCl2NS. The maximum Gasteiger partial charge on any atom is 0.133 e. The second-order valence-corrected chi connectivity index (χ2v) is 3.89. The zero-order valence-electron chi connectivity index (χ0n) is 4.20. The summed E-state index contributed by atoms with van der Waals surface area (Å²) >= 11 is 14.9. The molecule has 0 aromatic heterocycles. The number of hydrogen-bond acceptors (Lipinski definition) is 2. The molecule has 0 heterocycles. The van der Waals surface area contributed by atoms with Crippen LogP contribution in [0.1, 0.15) is 0 Å². The zero-order chi connectivity index (χ0) is 7.28. The van der Waals surface area contributed by atoms with Crippen molar-refractivity contribution in [3.8, 4) is 5.40 Å². The van der Waals surface area contributed by atoms with Gasteiger partial charge in [0.1, 0.15) is 5.40 Å². The van der Waals surface area contributed by atoms with Crippen molar-refractivity contribution in [3.05, 3.63) is 8.97 Å². The molecule has 0 saturated heterocycles. The van der Waals surface area contributed by atoms with Gasteiger partial charge >= 0.3 is 0 Å². The van der Waals surface area contributed by atoms with Crippen LogP contribution < -0.4 is 0 Å². The summed E-state index contributed by atoms with van der Waals surface area (Å²) in [5.74, 6) is 0.433. The molecule has 0 aromatic rings. The van der Waals surface area contributed by atoms with Crippen molar-refractivity contribution in [2.24, 2.45) is 0 Å². The molecule has 0 fully saturated rings. The normalized spacial score (nSPS) is 12.2. The van der Waals surface area contributed by atoms with Crippen LogP contribution >= 0.6 is 50.9 Å². The monoisotopic (exact) mass is 245 g/mol. The molecule has 0 aromatic carbocycles. The topological polar surface area (TPSA) is 23.8 Å². The number of hydrogen-bond donors (Lipinski definition) is 0. The SMILES string of the molecule is N#CSC/C(Cl)=C(/Cl)Br. The number of halogens is 3. The Hall–Kier alpha value is 0.640. The van der Waals surface area contributed by atoms with Gasteiger partial charge in [0, 0.05) is 5.75 Å². The van der Waals surface area contributed by atoms with Crippen LogP contribution in [-0.4, -0.2) is 5.75 Å². The summed E-state index contributed by atoms with van der Waals surface area (Å²) in [6, 6.07) is 0. The van der Waals surface area contributed by atoms with Crippen molar-refractivity contribution >= 4 is 50.9 Å². The van der Waals surface area contributed by atoms with Gasteiger partial charge in [-0.1, -0.05) is 23.2 Å². The Bertz CT molecular complexity index is 158. The summed E-state index contributed by atoms with van der Waals surface area (Å²) in [4.78, 5) is 0. The van der Waals surface area contributed by atoms with E-state index in [0.717, 1.165) is 11.8 Å². The molecule has 0 unspecified atom stereocenters. The Morgan fingerprint density at radius 2 is 2.22 bits per heavy atom. The fraction of sp³-hybridized carbons (Fsp3) is 0.250. The predicted molar refractivity (Wildman–Crippen MR) is 45.7 cm³/mol. The molecule has 0 N–H and O–H groups in total. The molecule has 50 valence electrons. The first-order valence-corrected chi connectivity index (χ1v) is 4.42. The largest absolute Gasteiger partial charge is 0.185 e. The minimum absolute atomic E-state index is 0.368. The molecule has 1 nitrogen and oxygen atoms in total. The summed E-state index contributed by atoms with van der Waals surface area (Å²) in [6.45, 7) is 0. The third kappa shape index (κ3) is 5.10. The third-order valence-electron chi connectivity index (χ3n) is 0.469. The smallest absolute Gasteiger partial charge is 0.133 e. The first kappa shape index (κ1) is 9.64. The minimum atomic E-state index is 0.368. The van der Waals surface area contributed by atoms with Crippen LogP contribution in [0.25, 0.3) is 0 Å². The third-order valence-corrected chi connectivity index (χ3v) is 2.54. The van der Waals surface area contributed by atoms with Gasteiger partial charge in [0.2, 0.25) is 0 Å². The second kappa shape index (κ2) is 5.43. The Labute approximate surface area is 76.1 Å². The lowest BCUT2D eigenvalue weighted by Crippen LogP contribution is -1.74. The van der Waals surface area contributed by atoms with Gasteiger partial charge in [-0.2, -0.15) is 5.26 Å². The van der Waals surface area contributed by atoms with Gasteiger partial charge in [-0.05, 0) is 27.7 Å². The molecule has 0 aliphatic rings. The van der Waals surface area contributed by atoms with Crippen LogP contribution in [0.4, 0.5) is 0 Å². The Kier molecular flexibility index (Phi) is 5.81. The molecule has 5 heteroatoms. The first-order chi connectivity index (χ1) is 4.18. The summed E-state index contributed by atoms with van der Waals surface area (Å²) in [5.41, 5.74) is 0. The van der Waals surface area contributed by atoms with Crippen molar-refractivity contribution in [1.82, 2.24) is 0 Å². The molecule has 0 bridgehead atoms. The van der Waals surface area contributed by atoms with Crippen LogP contribution in [0.15, 0.2) is 8.97 Å². The molecule has 0 aliphatic heterocycles. The molecule has 0 rings (SSSR count). The molecule has 0 radical (unpaired) electrons. The standard InChI is InChI=1S/C4H2BrCl2NS/c5-4(7)3(6)1-9-2-8/h1H2/b4-3-. The summed E-state index contributed by atoms with van der Waals surface area (Å²) in [6.07, 6.45) is 0. The Balaban J connectivity index is 3.67. The lowest BCUT2D eigenvalue weighted by molar-refractivity contribution is 1.56. The maximum absolute atomic E-state index is 8.07. The van der Waals surface area contributed by atoms with E-state index in [9.17, 15) is 0 Å². The van der Waals surface area contributed by atoms with Gasteiger partial charge in [-0.3, -0.25) is 0 Å². The van der Waals surface area contributed by atoms with Crippen LogP contribution in [-0.2, 0) is 0 Å². The van der Waals surface area contributed by atoms with Crippen molar-refractivity contribution in [2.75, 3.05) is 5.75 Å². The molecule has 9 heavy (non-hydrogen) atoms. The van der Waals surface area contributed by atoms with E-state index in [4.69, 9.17) is 28.5 Å². The average Bonchev–Trinajstić information content (AvgIpc) is 1.82. The van der Waals surface area contributed by atoms with Gasteiger partial charge < -0.3 is 0 Å². The summed E-state index contributed by atoms with van der Waals surface area (Å²) < 4.78 is 0.368. The lowest BCUT2D eigenvalue weighted by atomic mass is 10.7. The van der Waals surface area contributed by atoms with Crippen LogP contribution in [0, 0.1) is 10.7 Å². The fourth-order valence-corrected chi connectivity index (χ4v) is 1.12. The number of thioether (sulfide) groups is 1. The number of thiocyanates is 1. The van der Waals surface area contributed by atoms with E-state index in [-0.39, 0.29) is 0 Å². The quantitative estimate of drug-likeness (QED) is 0.699. The highest BCUT2D eigenvalue weighted by Gasteiger charge is 1.96. The van der Waals surface area contributed by atoms with Gasteiger partial charge in [-0.25, -0.2) is 0 Å². The predicted octanol–water partition coefficient (Wildman–Crippen LogP) is 3.24. The Morgan fingerprint density at radius 1 is 1.67 bits per heavy atom. The van der Waals surface area contributed by atoms with Gasteiger partial charge in [0.25, 0.3) is 0 Å². The molecule has 0 spiro atoms. The van der Waals surface area contributed by atoms with Crippen molar-refractivity contribution < 1.29 is 0 Å². The molecule has 0 atom stereocenters. The van der Waals surface area contributed by atoms with E-state index in [1.807, 2.05) is 5.40 Å². The number of rotatable bonds is 2. The van der Waals surface area contributed by atoms with E-state index in [2.05, 4.69) is 15.9 Å². The molecule has 0 amide bonds. The molecule has 0 aliphatic carbocycles. The molecule has 0 saturated carbocycles. The fourth-order valence-electron chi connectivity index (χ4n) is 0.150. The average molecular weight is 247 g/mol. The van der Waals surface area contributed by atoms with Crippen LogP contribution in [0.3, 0.4) is 0 Å². The van der Waals surface area contributed by atoms with Crippen molar-refractivity contribution in [1.29, 1.82) is 5.26 Å². The summed E-state index contributed by atoms with van der Waals surface area (Å²) in [5, 5.41) is 10.4. The van der Waals surface area contributed by atoms with E-state index in [0.29, 0.717) is 14.7 Å². The van der Waals surface area contributed by atoms with E-state index in [1.165, 1.54) is 0 Å². The highest BCUT2D eigenvalue weighted by atomic mass is 79.9. The van der Waals surface area contributed by atoms with Crippen molar-refractivity contribution in [3.63, 3.8) is 0 Å². The second-order valence-electron chi connectivity index (χ2n) is 1.05. The van der Waals surface area contributed by atoms with Crippen molar-refractivity contribution in [2.45, 2.75) is 0 Å². The van der Waals surface area contributed by atoms with Crippen LogP contribution in [0.2, 0.25) is 0 Å². The molecular weight excluding hydrogens is 245 g/mol. The number of nitriles is 1. The van der Waals surface area contributed by atoms with Gasteiger partial charge in [0.05, 0.1) is 8.97 Å². The van der Waals surface area contributed by atoms with Gasteiger partial charge in [0.15, 0.2) is 0 Å². The Morgan fingerprint density at radius 3 is 2.56 bits per heavy atom. The highest BCUT2D eigenvalue weighted by Crippen LogP contribution is 2.22. The summed E-state index contributed by atoms with van der Waals surface area (Å²) in [7, 11) is 0. The van der Waals surface area contributed by atoms with Crippen LogP contribution in [0.5, 0.6) is 0 Å². The lowest BCUT2D eigenvalue weighted by Gasteiger charge is -1.90. The van der Waals surface area contributed by atoms with E-state index >= 15 is 0 Å². The minimum Gasteiger partial charge on any atom is -0.185 e. The first-order valence-electron chi connectivity index (χ1n) is 1.89. The maximum atomic E-state index is 8.07. The zero-order valence-corrected chi connectivity index (χ0v) is 8.11. The van der Waals surface area contributed by atoms with E-state index in [1.54, 1.807) is 0 Å². The van der Waals surface area contributed by atoms with Gasteiger partial charge in [-0.15, -0.1) is 0 Å². The van der Waals surface area contributed by atoms with E-state index < -0.39 is 0 Å². The highest BCUT2D eigenvalue weighted by molar-refractivity contribution is 9.12. The number of nitrogens with zero attached hydrogens (tertiary/aromatic N) is 1.